The van der Waals surface area contributed by atoms with E-state index in [-0.39, 0.29) is 31.3 Å². The van der Waals surface area contributed by atoms with Gasteiger partial charge in [-0.25, -0.2) is 0 Å². The highest BCUT2D eigenvalue weighted by molar-refractivity contribution is 6.30. The average Bonchev–Trinajstić information content (AvgIpc) is 2.66. The molecular weight excluding hydrogens is 358 g/mol. The zero-order valence-electron chi connectivity index (χ0n) is 14.2. The van der Waals surface area contributed by atoms with Crippen molar-refractivity contribution in [2.24, 2.45) is 0 Å². The maximum Gasteiger partial charge on any atom is 0.308 e. The van der Waals surface area contributed by atoms with E-state index in [1.165, 1.54) is 7.11 Å². The first-order chi connectivity index (χ1) is 12.5. The number of hydrogen-bond acceptors (Lipinski definition) is 5. The molecule has 1 amide bonds. The zero-order valence-corrected chi connectivity index (χ0v) is 14.9. The van der Waals surface area contributed by atoms with Gasteiger partial charge in [0.15, 0.2) is 12.4 Å². The number of hydrogen-bond donors (Lipinski definition) is 1. The van der Waals surface area contributed by atoms with Gasteiger partial charge in [0.1, 0.15) is 5.75 Å². The lowest BCUT2D eigenvalue weighted by atomic mass is 10.1. The predicted octanol–water partition coefficient (Wildman–Crippen LogP) is 2.89. The summed E-state index contributed by atoms with van der Waals surface area (Å²) in [5.74, 6) is -0.811. The Balaban J connectivity index is 1.74. The molecule has 0 aromatic heterocycles. The van der Waals surface area contributed by atoms with Gasteiger partial charge in [0.05, 0.1) is 19.1 Å². The lowest BCUT2D eigenvalue weighted by Gasteiger charge is -2.09. The van der Waals surface area contributed by atoms with E-state index in [0.717, 1.165) is 0 Å². The number of benzene rings is 2. The molecule has 2 aromatic rings. The van der Waals surface area contributed by atoms with Crippen LogP contribution in [0.25, 0.3) is 0 Å². The summed E-state index contributed by atoms with van der Waals surface area (Å²) in [5.41, 5.74) is 0.785. The molecule has 0 aliphatic carbocycles. The molecule has 0 fully saturated rings. The van der Waals surface area contributed by atoms with Gasteiger partial charge in [-0.2, -0.15) is 0 Å². The highest BCUT2D eigenvalue weighted by Gasteiger charge is 2.13. The second-order valence-corrected chi connectivity index (χ2v) is 5.73. The van der Waals surface area contributed by atoms with Crippen molar-refractivity contribution in [1.29, 1.82) is 0 Å². The molecule has 2 rings (SSSR count). The van der Waals surface area contributed by atoms with E-state index in [0.29, 0.717) is 21.9 Å². The van der Waals surface area contributed by atoms with Gasteiger partial charge < -0.3 is 14.8 Å². The van der Waals surface area contributed by atoms with Crippen LogP contribution < -0.4 is 10.1 Å². The molecule has 0 aliphatic heterocycles. The zero-order chi connectivity index (χ0) is 18.9. The molecule has 1 N–H and O–H groups in total. The quantitative estimate of drug-likeness (QED) is 0.566. The Labute approximate surface area is 156 Å². The number of ether oxygens (including phenoxy) is 2. The molecule has 0 bridgehead atoms. The lowest BCUT2D eigenvalue weighted by molar-refractivity contribution is -0.142. The highest BCUT2D eigenvalue weighted by Crippen LogP contribution is 2.16. The summed E-state index contributed by atoms with van der Waals surface area (Å²) >= 11 is 5.75. The fraction of sp³-hybridized carbons (Fsp3) is 0.211. The summed E-state index contributed by atoms with van der Waals surface area (Å²) in [7, 11) is 1.47. The third kappa shape index (κ3) is 5.60. The van der Waals surface area contributed by atoms with E-state index in [4.69, 9.17) is 21.1 Å². The predicted molar refractivity (Wildman–Crippen MR) is 96.7 cm³/mol. The number of para-hydroxylation sites is 1. The van der Waals surface area contributed by atoms with Gasteiger partial charge in [0.2, 0.25) is 0 Å². The summed E-state index contributed by atoms with van der Waals surface area (Å²) in [5, 5.41) is 3.13. The molecule has 0 saturated heterocycles. The third-order valence-electron chi connectivity index (χ3n) is 3.50. The van der Waals surface area contributed by atoms with Crippen LogP contribution in [0, 0.1) is 0 Å². The Hall–Kier alpha value is -2.86. The number of Topliss-reactive ketones (excluding diaryl/α,β-unsaturated/α-hetero) is 1. The first kappa shape index (κ1) is 19.5. The molecule has 0 spiro atoms. The van der Waals surface area contributed by atoms with E-state index < -0.39 is 5.97 Å². The number of carbonyl (C=O) groups excluding carboxylic acids is 3. The second-order valence-electron chi connectivity index (χ2n) is 5.30. The number of rotatable bonds is 8. The van der Waals surface area contributed by atoms with Crippen molar-refractivity contribution in [3.63, 3.8) is 0 Å². The van der Waals surface area contributed by atoms with Crippen LogP contribution in [-0.4, -0.2) is 37.9 Å². The van der Waals surface area contributed by atoms with Crippen LogP contribution in [0.3, 0.4) is 0 Å². The monoisotopic (exact) mass is 375 g/mol. The highest BCUT2D eigenvalue weighted by atomic mass is 35.5. The molecule has 0 aliphatic rings. The summed E-state index contributed by atoms with van der Waals surface area (Å²) in [4.78, 5) is 35.7. The Kier molecular flexibility index (Phi) is 7.17. The van der Waals surface area contributed by atoms with Crippen molar-refractivity contribution in [3.8, 4) is 5.75 Å². The SMILES string of the molecule is COc1ccccc1C(=O)NCCC(=O)OCC(=O)c1ccc(Cl)cc1. The molecular formula is C19H18ClNO5. The lowest BCUT2D eigenvalue weighted by Crippen LogP contribution is -2.27. The summed E-state index contributed by atoms with van der Waals surface area (Å²) < 4.78 is 10.0. The molecule has 0 saturated carbocycles. The van der Waals surface area contributed by atoms with E-state index in [2.05, 4.69) is 5.32 Å². The Bertz CT molecular complexity index is 789. The second kappa shape index (κ2) is 9.58. The standard InChI is InChI=1S/C19H18ClNO5/c1-25-17-5-3-2-4-15(17)19(24)21-11-10-18(23)26-12-16(22)13-6-8-14(20)9-7-13/h2-9H,10-12H2,1H3,(H,21,24). The molecule has 0 unspecified atom stereocenters. The maximum atomic E-state index is 12.1. The van der Waals surface area contributed by atoms with Gasteiger partial charge in [-0.15, -0.1) is 0 Å². The molecule has 136 valence electrons. The minimum absolute atomic E-state index is 0.0468. The molecule has 0 heterocycles. The minimum Gasteiger partial charge on any atom is -0.496 e. The number of methoxy groups -OCH3 is 1. The van der Waals surface area contributed by atoms with Gasteiger partial charge in [-0.3, -0.25) is 14.4 Å². The summed E-state index contributed by atoms with van der Waals surface area (Å²) in [6, 6.07) is 13.1. The molecule has 6 nitrogen and oxygen atoms in total. The van der Waals surface area contributed by atoms with Gasteiger partial charge in [0, 0.05) is 17.1 Å². The van der Waals surface area contributed by atoms with Gasteiger partial charge in [0.25, 0.3) is 5.91 Å². The first-order valence-corrected chi connectivity index (χ1v) is 8.24. The molecule has 26 heavy (non-hydrogen) atoms. The van der Waals surface area contributed by atoms with E-state index >= 15 is 0 Å². The number of carbonyl (C=O) groups is 3. The smallest absolute Gasteiger partial charge is 0.308 e. The van der Waals surface area contributed by atoms with Crippen molar-refractivity contribution in [2.45, 2.75) is 6.42 Å². The third-order valence-corrected chi connectivity index (χ3v) is 3.75. The van der Waals surface area contributed by atoms with Crippen LogP contribution in [0.4, 0.5) is 0 Å². The normalized spacial score (nSPS) is 10.1. The number of nitrogens with one attached hydrogen (secondary N) is 1. The van der Waals surface area contributed by atoms with Crippen LogP contribution in [-0.2, 0) is 9.53 Å². The number of ketones is 1. The largest absolute Gasteiger partial charge is 0.496 e. The van der Waals surface area contributed by atoms with E-state index in [1.54, 1.807) is 48.5 Å². The average molecular weight is 376 g/mol. The van der Waals surface area contributed by atoms with Crippen LogP contribution in [0.15, 0.2) is 48.5 Å². The number of amides is 1. The van der Waals surface area contributed by atoms with Crippen LogP contribution in [0.5, 0.6) is 5.75 Å². The van der Waals surface area contributed by atoms with Crippen LogP contribution >= 0.6 is 11.6 Å². The minimum atomic E-state index is -0.576. The maximum absolute atomic E-state index is 12.1. The summed E-state index contributed by atoms with van der Waals surface area (Å²) in [6.45, 7) is -0.272. The van der Waals surface area contributed by atoms with Crippen molar-refractivity contribution < 1.29 is 23.9 Å². The molecule has 2 aromatic carbocycles. The van der Waals surface area contributed by atoms with Crippen molar-refractivity contribution >= 4 is 29.3 Å². The summed E-state index contributed by atoms with van der Waals surface area (Å²) in [6.07, 6.45) is -0.0468. The van der Waals surface area contributed by atoms with Crippen molar-refractivity contribution in [2.75, 3.05) is 20.3 Å². The molecule has 0 radical (unpaired) electrons. The number of esters is 1. The Morgan fingerprint density at radius 2 is 1.73 bits per heavy atom. The number of halogens is 1. The van der Waals surface area contributed by atoms with Gasteiger partial charge in [-0.1, -0.05) is 23.7 Å². The first-order valence-electron chi connectivity index (χ1n) is 7.87. The van der Waals surface area contributed by atoms with Gasteiger partial charge >= 0.3 is 5.97 Å². The van der Waals surface area contributed by atoms with Gasteiger partial charge in [-0.05, 0) is 36.4 Å². The molecule has 7 heteroatoms. The Morgan fingerprint density at radius 3 is 2.42 bits per heavy atom. The molecule has 0 atom stereocenters. The van der Waals surface area contributed by atoms with Crippen LogP contribution in [0.2, 0.25) is 5.02 Å². The van der Waals surface area contributed by atoms with E-state index in [1.807, 2.05) is 0 Å². The van der Waals surface area contributed by atoms with Crippen molar-refractivity contribution in [3.05, 3.63) is 64.7 Å². The fourth-order valence-electron chi connectivity index (χ4n) is 2.14. The van der Waals surface area contributed by atoms with E-state index in [9.17, 15) is 14.4 Å². The fourth-order valence-corrected chi connectivity index (χ4v) is 2.27. The van der Waals surface area contributed by atoms with Crippen molar-refractivity contribution in [1.82, 2.24) is 5.32 Å². The topological polar surface area (TPSA) is 81.7 Å². The van der Waals surface area contributed by atoms with Crippen LogP contribution in [0.1, 0.15) is 27.1 Å². The Morgan fingerprint density at radius 1 is 1.04 bits per heavy atom.